The second kappa shape index (κ2) is 16.6. The van der Waals surface area contributed by atoms with Crippen LogP contribution < -0.4 is 5.32 Å². The van der Waals surface area contributed by atoms with Gasteiger partial charge in [-0.2, -0.15) is 0 Å². The number of hydrogen-bond donors (Lipinski definition) is 2. The summed E-state index contributed by atoms with van der Waals surface area (Å²) in [6.45, 7) is 0.107. The van der Waals surface area contributed by atoms with Gasteiger partial charge in [-0.3, -0.25) is 14.5 Å². The second-order valence-corrected chi connectivity index (χ2v) is 14.1. The highest BCUT2D eigenvalue weighted by Gasteiger charge is 2.40. The molecule has 3 amide bonds. The number of benzene rings is 4. The van der Waals surface area contributed by atoms with E-state index in [-0.39, 0.29) is 44.3 Å². The average Bonchev–Trinajstić information content (AvgIpc) is 3.73. The fourth-order valence-electron chi connectivity index (χ4n) is 6.45. The monoisotopic (exact) mass is 732 g/mol. The lowest BCUT2D eigenvalue weighted by molar-refractivity contribution is -0.245. The number of aliphatic hydroxyl groups excluding tert-OH is 1. The van der Waals surface area contributed by atoms with Crippen molar-refractivity contribution in [2.75, 3.05) is 5.75 Å². The first-order valence-electron chi connectivity index (χ1n) is 17.4. The minimum atomic E-state index is -0.983. The molecule has 11 nitrogen and oxygen atoms in total. The van der Waals surface area contributed by atoms with Gasteiger partial charge in [-0.05, 0) is 45.5 Å². The van der Waals surface area contributed by atoms with E-state index in [4.69, 9.17) is 14.2 Å². The zero-order valence-electron chi connectivity index (χ0n) is 29.2. The van der Waals surface area contributed by atoms with Gasteiger partial charge in [0.1, 0.15) is 12.6 Å². The number of nitrogens with zero attached hydrogens (tertiary/aromatic N) is 3. The van der Waals surface area contributed by atoms with Crippen molar-refractivity contribution in [1.29, 1.82) is 0 Å². The fourth-order valence-corrected chi connectivity index (χ4v) is 7.40. The number of amides is 3. The molecule has 12 heteroatoms. The van der Waals surface area contributed by atoms with Crippen LogP contribution in [0.5, 0.6) is 0 Å². The number of nitrogens with one attached hydrogen (secondary N) is 1. The molecule has 0 saturated carbocycles. The van der Waals surface area contributed by atoms with E-state index in [1.807, 2.05) is 121 Å². The Labute approximate surface area is 311 Å². The quantitative estimate of drug-likeness (QED) is 0.109. The maximum Gasteiger partial charge on any atom is 0.408 e. The van der Waals surface area contributed by atoms with Crippen molar-refractivity contribution >= 4 is 29.7 Å². The predicted molar refractivity (Wildman–Crippen MR) is 198 cm³/mol. The van der Waals surface area contributed by atoms with Crippen molar-refractivity contribution in [3.63, 3.8) is 0 Å². The summed E-state index contributed by atoms with van der Waals surface area (Å²) < 4.78 is 20.4. The SMILES string of the molecule is Cn1ccnc1SC[C@H]1C[C@@H](c2ccc(CO)cc2)O[C@@H](c2cccc(-c3cccc(CN4C(=O)CC(NC(=O)OCc5ccccc5)C4=O)c3)c2)O1. The molecule has 2 aliphatic heterocycles. The highest BCUT2D eigenvalue weighted by molar-refractivity contribution is 7.99. The lowest BCUT2D eigenvalue weighted by atomic mass is 9.99. The van der Waals surface area contributed by atoms with Gasteiger partial charge in [0.2, 0.25) is 5.91 Å². The Hall–Kier alpha value is -5.27. The van der Waals surface area contributed by atoms with E-state index >= 15 is 0 Å². The van der Waals surface area contributed by atoms with E-state index in [2.05, 4.69) is 10.3 Å². The molecule has 2 saturated heterocycles. The van der Waals surface area contributed by atoms with Crippen LogP contribution in [0.2, 0.25) is 0 Å². The molecule has 2 N–H and O–H groups in total. The lowest BCUT2D eigenvalue weighted by Gasteiger charge is -2.36. The minimum Gasteiger partial charge on any atom is -0.445 e. The number of aromatic nitrogens is 2. The summed E-state index contributed by atoms with van der Waals surface area (Å²) in [7, 11) is 1.97. The van der Waals surface area contributed by atoms with Crippen molar-refractivity contribution in [3.8, 4) is 11.1 Å². The van der Waals surface area contributed by atoms with Crippen LogP contribution >= 0.6 is 11.8 Å². The molecule has 0 radical (unpaired) electrons. The van der Waals surface area contributed by atoms with E-state index in [1.165, 1.54) is 4.90 Å². The number of imide groups is 1. The van der Waals surface area contributed by atoms with Gasteiger partial charge in [0.15, 0.2) is 11.4 Å². The number of carbonyl (C=O) groups excluding carboxylic acids is 3. The number of likely N-dealkylation sites (tertiary alicyclic amines) is 1. The van der Waals surface area contributed by atoms with Crippen molar-refractivity contribution in [2.24, 2.45) is 7.05 Å². The molecule has 2 aliphatic rings. The summed E-state index contributed by atoms with van der Waals surface area (Å²) in [6, 6.07) is 31.7. The van der Waals surface area contributed by atoms with Crippen LogP contribution in [0.15, 0.2) is 121 Å². The molecule has 3 heterocycles. The van der Waals surface area contributed by atoms with Gasteiger partial charge in [-0.1, -0.05) is 103 Å². The molecule has 4 aromatic carbocycles. The van der Waals surface area contributed by atoms with Crippen LogP contribution in [0.25, 0.3) is 11.1 Å². The molecule has 2 fully saturated rings. The number of hydrogen-bond acceptors (Lipinski definition) is 9. The van der Waals surface area contributed by atoms with Crippen molar-refractivity contribution in [1.82, 2.24) is 19.8 Å². The molecule has 0 bridgehead atoms. The maximum atomic E-state index is 13.2. The summed E-state index contributed by atoms with van der Waals surface area (Å²) in [5.41, 5.74) is 6.11. The zero-order valence-corrected chi connectivity index (χ0v) is 30.0. The van der Waals surface area contributed by atoms with Gasteiger partial charge in [0.05, 0.1) is 31.8 Å². The van der Waals surface area contributed by atoms with Gasteiger partial charge < -0.3 is 29.2 Å². The number of ether oxygens (including phenoxy) is 3. The Morgan fingerprint density at radius 2 is 1.66 bits per heavy atom. The number of thioether (sulfide) groups is 1. The summed E-state index contributed by atoms with van der Waals surface area (Å²) >= 11 is 1.64. The van der Waals surface area contributed by atoms with Crippen molar-refractivity contribution in [3.05, 3.63) is 143 Å². The van der Waals surface area contributed by atoms with Gasteiger partial charge in [0.25, 0.3) is 5.91 Å². The maximum absolute atomic E-state index is 13.2. The van der Waals surface area contributed by atoms with Gasteiger partial charge in [0, 0.05) is 37.2 Å². The standard InChI is InChI=1S/C41H40N4O7S/c1-44-18-17-42-40(44)53-26-34-21-36(30-15-13-27(24-46)14-16-30)52-39(51-34)33-12-6-11-32(20-33)31-10-5-9-29(19-31)23-45-37(47)22-35(38(45)48)43-41(49)50-25-28-7-3-2-4-8-28/h2-20,34-36,39,46H,21-26H2,1H3,(H,43,49)/t34-,35?,36+,39+/m1/s1. The van der Waals surface area contributed by atoms with Crippen LogP contribution in [-0.4, -0.2) is 55.4 Å². The molecular weight excluding hydrogens is 693 g/mol. The van der Waals surface area contributed by atoms with Crippen molar-refractivity contribution in [2.45, 2.75) is 62.3 Å². The summed E-state index contributed by atoms with van der Waals surface area (Å²) in [5, 5.41) is 13.0. The molecule has 53 heavy (non-hydrogen) atoms. The minimum absolute atomic E-state index is 0.0250. The molecule has 7 rings (SSSR count). The number of rotatable bonds is 12. The Morgan fingerprint density at radius 1 is 0.906 bits per heavy atom. The van der Waals surface area contributed by atoms with Crippen LogP contribution in [0.3, 0.4) is 0 Å². The van der Waals surface area contributed by atoms with E-state index in [0.717, 1.165) is 44.1 Å². The van der Waals surface area contributed by atoms with Gasteiger partial charge in [-0.15, -0.1) is 0 Å². The number of carbonyl (C=O) groups is 3. The molecule has 1 aromatic heterocycles. The van der Waals surface area contributed by atoms with E-state index in [9.17, 15) is 19.5 Å². The number of aliphatic hydroxyl groups is 1. The molecule has 0 aliphatic carbocycles. The molecule has 272 valence electrons. The van der Waals surface area contributed by atoms with Gasteiger partial charge in [-0.25, -0.2) is 9.78 Å². The van der Waals surface area contributed by atoms with Crippen molar-refractivity contribution < 1.29 is 33.7 Å². The molecule has 5 aromatic rings. The summed E-state index contributed by atoms with van der Waals surface area (Å²) in [6.07, 6.45) is 2.50. The molecule has 0 spiro atoms. The first-order chi connectivity index (χ1) is 25.8. The Kier molecular flexibility index (Phi) is 11.3. The third-order valence-corrected chi connectivity index (χ3v) is 10.5. The summed E-state index contributed by atoms with van der Waals surface area (Å²) in [5.74, 6) is -0.142. The molecule has 1 unspecified atom stereocenters. The van der Waals surface area contributed by atoms with Crippen LogP contribution in [0.4, 0.5) is 4.79 Å². The fraction of sp³-hybridized carbons (Fsp3) is 0.268. The van der Waals surface area contributed by atoms with E-state index in [0.29, 0.717) is 12.2 Å². The van der Waals surface area contributed by atoms with Crippen LogP contribution in [0, 0.1) is 0 Å². The Morgan fingerprint density at radius 3 is 2.42 bits per heavy atom. The largest absolute Gasteiger partial charge is 0.445 e. The molecule has 4 atom stereocenters. The third kappa shape index (κ3) is 8.86. The van der Waals surface area contributed by atoms with E-state index < -0.39 is 24.3 Å². The predicted octanol–water partition coefficient (Wildman–Crippen LogP) is 6.47. The number of aryl methyl sites for hydroxylation is 1. The second-order valence-electron chi connectivity index (χ2n) is 13.1. The third-order valence-electron chi connectivity index (χ3n) is 9.30. The highest BCUT2D eigenvalue weighted by atomic mass is 32.2. The normalized spacial score (nSPS) is 20.1. The number of alkyl carbamates (subject to hydrolysis) is 1. The first kappa shape index (κ1) is 36.1. The van der Waals surface area contributed by atoms with Crippen LogP contribution in [-0.2, 0) is 50.6 Å². The highest BCUT2D eigenvalue weighted by Crippen LogP contribution is 2.40. The lowest BCUT2D eigenvalue weighted by Crippen LogP contribution is -2.41. The van der Waals surface area contributed by atoms with E-state index in [1.54, 1.807) is 18.0 Å². The molecular formula is C41H40N4O7S. The first-order valence-corrected chi connectivity index (χ1v) is 18.4. The average molecular weight is 733 g/mol. The van der Waals surface area contributed by atoms with Gasteiger partial charge >= 0.3 is 6.09 Å². The Bertz CT molecular complexity index is 2050. The Balaban J connectivity index is 1.03. The zero-order chi connectivity index (χ0) is 36.7. The topological polar surface area (TPSA) is 132 Å². The smallest absolute Gasteiger partial charge is 0.408 e. The number of imidazole rings is 1. The summed E-state index contributed by atoms with van der Waals surface area (Å²) in [4.78, 5) is 44.2. The van der Waals surface area contributed by atoms with Crippen LogP contribution in [0.1, 0.15) is 53.1 Å².